The summed E-state index contributed by atoms with van der Waals surface area (Å²) in [4.78, 5) is 25.3. The van der Waals surface area contributed by atoms with Gasteiger partial charge in [-0.25, -0.2) is 0 Å². The number of carboxylic acids is 1. The third kappa shape index (κ3) is 5.32. The highest BCUT2D eigenvalue weighted by Crippen LogP contribution is 2.20. The van der Waals surface area contributed by atoms with Gasteiger partial charge in [0.15, 0.2) is 0 Å². The zero-order chi connectivity index (χ0) is 16.8. The van der Waals surface area contributed by atoms with Crippen LogP contribution in [0, 0.1) is 5.92 Å². The number of hydrogen-bond acceptors (Lipinski definition) is 3. The Morgan fingerprint density at radius 3 is 2.91 bits per heavy atom. The van der Waals surface area contributed by atoms with Crippen LogP contribution in [0.25, 0.3) is 0 Å². The van der Waals surface area contributed by atoms with Gasteiger partial charge in [0.25, 0.3) is 0 Å². The molecule has 6 heteroatoms. The summed E-state index contributed by atoms with van der Waals surface area (Å²) in [6.45, 7) is 3.30. The number of halogens is 1. The smallest absolute Gasteiger partial charge is 0.306 e. The summed E-state index contributed by atoms with van der Waals surface area (Å²) in [5.74, 6) is -0.899. The molecule has 126 valence electrons. The molecule has 0 aliphatic carbocycles. The van der Waals surface area contributed by atoms with Crippen LogP contribution in [0.4, 0.5) is 0 Å². The minimum Gasteiger partial charge on any atom is -0.481 e. The van der Waals surface area contributed by atoms with E-state index in [0.29, 0.717) is 26.1 Å². The van der Waals surface area contributed by atoms with Crippen LogP contribution in [-0.4, -0.2) is 47.7 Å². The number of amides is 1. The number of rotatable bonds is 6. The van der Waals surface area contributed by atoms with Crippen LogP contribution in [0.15, 0.2) is 28.7 Å². The van der Waals surface area contributed by atoms with E-state index in [0.717, 1.165) is 16.5 Å². The Labute approximate surface area is 144 Å². The summed E-state index contributed by atoms with van der Waals surface area (Å²) in [7, 11) is 0. The van der Waals surface area contributed by atoms with Gasteiger partial charge in [0.05, 0.1) is 19.1 Å². The van der Waals surface area contributed by atoms with Crippen LogP contribution >= 0.6 is 15.9 Å². The van der Waals surface area contributed by atoms with Gasteiger partial charge in [-0.2, -0.15) is 0 Å². The first-order valence-electron chi connectivity index (χ1n) is 7.86. The molecule has 1 heterocycles. The topological polar surface area (TPSA) is 66.8 Å². The van der Waals surface area contributed by atoms with Crippen molar-refractivity contribution in [2.24, 2.45) is 5.92 Å². The predicted molar refractivity (Wildman–Crippen MR) is 90.2 cm³/mol. The maximum Gasteiger partial charge on any atom is 0.306 e. The maximum atomic E-state index is 12.8. The number of carboxylic acid groups (broad SMARTS) is 1. The molecule has 2 unspecified atom stereocenters. The quantitative estimate of drug-likeness (QED) is 0.819. The monoisotopic (exact) mass is 383 g/mol. The highest BCUT2D eigenvalue weighted by atomic mass is 79.9. The van der Waals surface area contributed by atoms with Crippen LogP contribution in [0.1, 0.15) is 25.3 Å². The molecule has 0 saturated carbocycles. The lowest BCUT2D eigenvalue weighted by Crippen LogP contribution is -2.48. The summed E-state index contributed by atoms with van der Waals surface area (Å²) < 4.78 is 6.44. The molecule has 1 N–H and O–H groups in total. The van der Waals surface area contributed by atoms with E-state index in [1.165, 1.54) is 0 Å². The van der Waals surface area contributed by atoms with Gasteiger partial charge in [0.2, 0.25) is 5.91 Å². The molecular formula is C17H22BrNO4. The van der Waals surface area contributed by atoms with Gasteiger partial charge in [0.1, 0.15) is 0 Å². The fourth-order valence-corrected chi connectivity index (χ4v) is 3.30. The minimum atomic E-state index is -0.898. The lowest BCUT2D eigenvalue weighted by Gasteiger charge is -2.34. The molecule has 0 radical (unpaired) electrons. The van der Waals surface area contributed by atoms with Gasteiger partial charge in [0, 0.05) is 23.5 Å². The molecule has 23 heavy (non-hydrogen) atoms. The number of benzene rings is 1. The molecular weight excluding hydrogens is 362 g/mol. The largest absolute Gasteiger partial charge is 0.481 e. The molecule has 1 amide bonds. The predicted octanol–water partition coefficient (Wildman–Crippen LogP) is 2.72. The second kappa shape index (κ2) is 8.45. The number of aliphatic carboxylic acids is 1. The molecule has 0 aromatic heterocycles. The lowest BCUT2D eigenvalue weighted by molar-refractivity contribution is -0.149. The second-order valence-corrected chi connectivity index (χ2v) is 6.73. The third-order valence-corrected chi connectivity index (χ3v) is 4.56. The SMILES string of the molecule is CCC(Cc1cccc(Br)c1)C(=O)N1CCOC(CC(=O)O)C1. The number of morpholine rings is 1. The van der Waals surface area contributed by atoms with Crippen molar-refractivity contribution in [2.75, 3.05) is 19.7 Å². The Morgan fingerprint density at radius 1 is 1.48 bits per heavy atom. The number of carbonyl (C=O) groups is 2. The molecule has 2 rings (SSSR count). The van der Waals surface area contributed by atoms with E-state index in [4.69, 9.17) is 9.84 Å². The Balaban J connectivity index is 1.99. The summed E-state index contributed by atoms with van der Waals surface area (Å²) in [6.07, 6.45) is 0.974. The summed E-state index contributed by atoms with van der Waals surface area (Å²) in [5.41, 5.74) is 1.12. The van der Waals surface area contributed by atoms with Crippen molar-refractivity contribution in [3.63, 3.8) is 0 Å². The van der Waals surface area contributed by atoms with E-state index in [2.05, 4.69) is 15.9 Å². The number of carbonyl (C=O) groups excluding carboxylic acids is 1. The van der Waals surface area contributed by atoms with Gasteiger partial charge < -0.3 is 14.7 Å². The van der Waals surface area contributed by atoms with Crippen molar-refractivity contribution in [2.45, 2.75) is 32.3 Å². The van der Waals surface area contributed by atoms with E-state index in [9.17, 15) is 9.59 Å². The summed E-state index contributed by atoms with van der Waals surface area (Å²) >= 11 is 3.45. The number of nitrogens with zero attached hydrogens (tertiary/aromatic N) is 1. The van der Waals surface area contributed by atoms with Crippen LogP contribution in [0.2, 0.25) is 0 Å². The molecule has 0 spiro atoms. The van der Waals surface area contributed by atoms with Gasteiger partial charge in [-0.05, 0) is 30.5 Å². The highest BCUT2D eigenvalue weighted by molar-refractivity contribution is 9.10. The van der Waals surface area contributed by atoms with Crippen molar-refractivity contribution in [3.05, 3.63) is 34.3 Å². The molecule has 2 atom stereocenters. The molecule has 1 aliphatic rings. The van der Waals surface area contributed by atoms with Crippen molar-refractivity contribution >= 4 is 27.8 Å². The van der Waals surface area contributed by atoms with Crippen molar-refractivity contribution in [1.29, 1.82) is 0 Å². The van der Waals surface area contributed by atoms with Gasteiger partial charge >= 0.3 is 5.97 Å². The van der Waals surface area contributed by atoms with Gasteiger partial charge in [-0.15, -0.1) is 0 Å². The van der Waals surface area contributed by atoms with Crippen LogP contribution in [0.5, 0.6) is 0 Å². The Bertz CT molecular complexity index is 563. The number of ether oxygens (including phenoxy) is 1. The summed E-state index contributed by atoms with van der Waals surface area (Å²) in [6, 6.07) is 7.98. The van der Waals surface area contributed by atoms with Crippen LogP contribution in [-0.2, 0) is 20.7 Å². The van der Waals surface area contributed by atoms with Crippen LogP contribution < -0.4 is 0 Å². The molecule has 1 saturated heterocycles. The highest BCUT2D eigenvalue weighted by Gasteiger charge is 2.29. The van der Waals surface area contributed by atoms with Crippen LogP contribution in [0.3, 0.4) is 0 Å². The molecule has 0 bridgehead atoms. The molecule has 1 aromatic rings. The fourth-order valence-electron chi connectivity index (χ4n) is 2.85. The van der Waals surface area contributed by atoms with E-state index in [1.807, 2.05) is 31.2 Å². The first kappa shape index (κ1) is 17.9. The van der Waals surface area contributed by atoms with E-state index < -0.39 is 12.1 Å². The second-order valence-electron chi connectivity index (χ2n) is 5.81. The average Bonchev–Trinajstić information content (AvgIpc) is 2.51. The first-order chi connectivity index (χ1) is 11.0. The van der Waals surface area contributed by atoms with E-state index in [-0.39, 0.29) is 18.2 Å². The zero-order valence-corrected chi connectivity index (χ0v) is 14.8. The van der Waals surface area contributed by atoms with Crippen molar-refractivity contribution in [1.82, 2.24) is 4.90 Å². The number of hydrogen-bond donors (Lipinski definition) is 1. The van der Waals surface area contributed by atoms with Gasteiger partial charge in [-0.1, -0.05) is 35.0 Å². The van der Waals surface area contributed by atoms with E-state index >= 15 is 0 Å². The van der Waals surface area contributed by atoms with Gasteiger partial charge in [-0.3, -0.25) is 9.59 Å². The average molecular weight is 384 g/mol. The molecule has 1 aromatic carbocycles. The molecule has 1 fully saturated rings. The zero-order valence-electron chi connectivity index (χ0n) is 13.2. The third-order valence-electron chi connectivity index (χ3n) is 4.07. The minimum absolute atomic E-state index is 0.0633. The summed E-state index contributed by atoms with van der Waals surface area (Å²) in [5, 5.41) is 8.88. The van der Waals surface area contributed by atoms with E-state index in [1.54, 1.807) is 4.90 Å². The maximum absolute atomic E-state index is 12.8. The first-order valence-corrected chi connectivity index (χ1v) is 8.65. The van der Waals surface area contributed by atoms with Crippen molar-refractivity contribution in [3.8, 4) is 0 Å². The Kier molecular flexibility index (Phi) is 6.59. The fraction of sp³-hybridized carbons (Fsp3) is 0.529. The molecule has 5 nitrogen and oxygen atoms in total. The Hall–Kier alpha value is -1.40. The normalized spacial score (nSPS) is 19.4. The molecule has 1 aliphatic heterocycles. The standard InChI is InChI=1S/C17H22BrNO4/c1-2-13(8-12-4-3-5-14(18)9-12)17(22)19-6-7-23-15(11-19)10-16(20)21/h3-5,9,13,15H,2,6-8,10-11H2,1H3,(H,20,21). The Morgan fingerprint density at radius 2 is 2.26 bits per heavy atom. The van der Waals surface area contributed by atoms with Crippen molar-refractivity contribution < 1.29 is 19.4 Å². The lowest BCUT2D eigenvalue weighted by atomic mass is 9.95.